The van der Waals surface area contributed by atoms with E-state index in [2.05, 4.69) is 25.4 Å². The Morgan fingerprint density at radius 2 is 2.05 bits per heavy atom. The van der Waals surface area contributed by atoms with Crippen LogP contribution in [-0.4, -0.2) is 38.4 Å². The predicted octanol–water partition coefficient (Wildman–Crippen LogP) is 1.91. The Hall–Kier alpha value is -2.39. The summed E-state index contributed by atoms with van der Waals surface area (Å²) < 4.78 is 43.5. The van der Waals surface area contributed by atoms with Gasteiger partial charge in [0.2, 0.25) is 5.95 Å². The van der Waals surface area contributed by atoms with E-state index in [0.717, 1.165) is 23.4 Å². The van der Waals surface area contributed by atoms with E-state index < -0.39 is 11.9 Å². The number of anilines is 1. The smallest absolute Gasteiger partial charge is 0.435 e. The average Bonchev–Trinajstić information content (AvgIpc) is 2.94. The van der Waals surface area contributed by atoms with Crippen LogP contribution in [0.25, 0.3) is 5.95 Å². The number of nitrogens with one attached hydrogen (secondary N) is 1. The highest BCUT2D eigenvalue weighted by molar-refractivity contribution is 5.30. The molecule has 2 aromatic heterocycles. The molecule has 0 saturated carbocycles. The molecule has 0 aliphatic heterocycles. The molecule has 1 N–H and O–H groups in total. The lowest BCUT2D eigenvalue weighted by molar-refractivity contribution is -0.141. The van der Waals surface area contributed by atoms with Gasteiger partial charge in [0.05, 0.1) is 7.11 Å². The van der Waals surface area contributed by atoms with Crippen molar-refractivity contribution in [3.8, 4) is 12.0 Å². The summed E-state index contributed by atoms with van der Waals surface area (Å²) in [7, 11) is 1.35. The van der Waals surface area contributed by atoms with Gasteiger partial charge in [0.15, 0.2) is 5.69 Å². The lowest BCUT2D eigenvalue weighted by Crippen LogP contribution is -2.12. The Morgan fingerprint density at radius 1 is 1.29 bits per heavy atom. The van der Waals surface area contributed by atoms with E-state index in [1.54, 1.807) is 0 Å². The number of rotatable bonds is 5. The van der Waals surface area contributed by atoms with Gasteiger partial charge >= 0.3 is 12.2 Å². The second-order valence-electron chi connectivity index (χ2n) is 4.02. The van der Waals surface area contributed by atoms with Gasteiger partial charge < -0.3 is 10.1 Å². The van der Waals surface area contributed by atoms with Crippen LogP contribution in [0, 0.1) is 0 Å². The highest BCUT2D eigenvalue weighted by Crippen LogP contribution is 2.27. The van der Waals surface area contributed by atoms with Gasteiger partial charge in [-0.25, -0.2) is 4.68 Å². The highest BCUT2D eigenvalue weighted by atomic mass is 19.4. The van der Waals surface area contributed by atoms with Crippen molar-refractivity contribution in [2.75, 3.05) is 19.0 Å². The second-order valence-corrected chi connectivity index (χ2v) is 4.02. The average molecular weight is 302 g/mol. The molecule has 0 saturated heterocycles. The highest BCUT2D eigenvalue weighted by Gasteiger charge is 2.33. The summed E-state index contributed by atoms with van der Waals surface area (Å²) in [5.41, 5.74) is -1.02. The lowest BCUT2D eigenvalue weighted by Gasteiger charge is -2.07. The topological polar surface area (TPSA) is 77.8 Å². The summed E-state index contributed by atoms with van der Waals surface area (Å²) in [5.74, 6) is 0.152. The van der Waals surface area contributed by atoms with Crippen LogP contribution < -0.4 is 10.1 Å². The van der Waals surface area contributed by atoms with Gasteiger partial charge in [-0.15, -0.1) is 0 Å². The Balaban J connectivity index is 2.36. The van der Waals surface area contributed by atoms with Crippen LogP contribution in [0.2, 0.25) is 0 Å². The molecule has 10 heteroatoms. The zero-order valence-electron chi connectivity index (χ0n) is 11.3. The summed E-state index contributed by atoms with van der Waals surface area (Å²) in [5, 5.41) is 6.31. The maximum atomic E-state index is 12.5. The van der Waals surface area contributed by atoms with E-state index in [9.17, 15) is 13.2 Å². The Kier molecular flexibility index (Phi) is 4.24. The van der Waals surface area contributed by atoms with E-state index in [0.29, 0.717) is 6.54 Å². The third-order valence-electron chi connectivity index (χ3n) is 2.40. The minimum absolute atomic E-state index is 0.0114. The number of nitrogens with zero attached hydrogens (tertiary/aromatic N) is 5. The summed E-state index contributed by atoms with van der Waals surface area (Å²) >= 11 is 0. The van der Waals surface area contributed by atoms with Gasteiger partial charge in [-0.3, -0.25) is 0 Å². The fraction of sp³-hybridized carbons (Fsp3) is 0.455. The van der Waals surface area contributed by atoms with E-state index in [-0.39, 0.29) is 17.9 Å². The molecule has 2 heterocycles. The largest absolute Gasteiger partial charge is 0.467 e. The van der Waals surface area contributed by atoms with E-state index >= 15 is 0 Å². The van der Waals surface area contributed by atoms with Crippen molar-refractivity contribution < 1.29 is 17.9 Å². The van der Waals surface area contributed by atoms with Crippen LogP contribution in [0.15, 0.2) is 12.3 Å². The number of aromatic nitrogens is 5. The molecule has 21 heavy (non-hydrogen) atoms. The molecule has 0 atom stereocenters. The fourth-order valence-corrected chi connectivity index (χ4v) is 1.44. The third kappa shape index (κ3) is 3.58. The normalized spacial score (nSPS) is 11.5. The van der Waals surface area contributed by atoms with E-state index in [1.807, 2.05) is 6.92 Å². The molecule has 0 radical (unpaired) electrons. The summed E-state index contributed by atoms with van der Waals surface area (Å²) in [6, 6.07) is 0.831. The first kappa shape index (κ1) is 15.0. The third-order valence-corrected chi connectivity index (χ3v) is 2.40. The molecule has 0 aliphatic rings. The van der Waals surface area contributed by atoms with Crippen LogP contribution in [0.5, 0.6) is 6.01 Å². The molecule has 0 spiro atoms. The van der Waals surface area contributed by atoms with Crippen LogP contribution >= 0.6 is 0 Å². The van der Waals surface area contributed by atoms with Crippen molar-refractivity contribution >= 4 is 5.95 Å². The fourth-order valence-electron chi connectivity index (χ4n) is 1.44. The minimum atomic E-state index is -4.52. The van der Waals surface area contributed by atoms with Crippen LogP contribution in [-0.2, 0) is 6.18 Å². The quantitative estimate of drug-likeness (QED) is 0.909. The molecule has 2 aromatic rings. The number of ether oxygens (including phenoxy) is 1. The molecule has 2 rings (SSSR count). The molecule has 0 unspecified atom stereocenters. The summed E-state index contributed by atoms with van der Waals surface area (Å²) in [4.78, 5) is 11.8. The predicted molar refractivity (Wildman–Crippen MR) is 67.3 cm³/mol. The maximum Gasteiger partial charge on any atom is 0.435 e. The first-order valence-electron chi connectivity index (χ1n) is 6.11. The standard InChI is InChI=1S/C11H13F3N6O/c1-3-5-15-8-16-9(18-10(17-8)21-2)20-6-4-7(19-20)11(12,13)14/h4,6H,3,5H2,1-2H3,(H,15,16,17,18). The lowest BCUT2D eigenvalue weighted by atomic mass is 10.4. The molecule has 0 aromatic carbocycles. The van der Waals surface area contributed by atoms with Crippen LogP contribution in [0.1, 0.15) is 19.0 Å². The number of halogens is 3. The molecular weight excluding hydrogens is 289 g/mol. The molecule has 0 aliphatic carbocycles. The van der Waals surface area contributed by atoms with Crippen LogP contribution in [0.3, 0.4) is 0 Å². The summed E-state index contributed by atoms with van der Waals surface area (Å²) in [6.45, 7) is 2.56. The SMILES string of the molecule is CCCNc1nc(OC)nc(-n2ccc(C(F)(F)F)n2)n1. The van der Waals surface area contributed by atoms with Gasteiger partial charge in [-0.1, -0.05) is 6.92 Å². The monoisotopic (exact) mass is 302 g/mol. The second kappa shape index (κ2) is 5.94. The van der Waals surface area contributed by atoms with Crippen molar-refractivity contribution in [3.05, 3.63) is 18.0 Å². The zero-order chi connectivity index (χ0) is 15.5. The first-order valence-corrected chi connectivity index (χ1v) is 6.11. The number of hydrogen-bond acceptors (Lipinski definition) is 6. The molecule has 0 fully saturated rings. The Morgan fingerprint density at radius 3 is 2.62 bits per heavy atom. The molecule has 0 amide bonds. The minimum Gasteiger partial charge on any atom is -0.467 e. The number of hydrogen-bond donors (Lipinski definition) is 1. The first-order chi connectivity index (χ1) is 9.94. The van der Waals surface area contributed by atoms with E-state index in [1.165, 1.54) is 7.11 Å². The van der Waals surface area contributed by atoms with E-state index in [4.69, 9.17) is 4.74 Å². The molecule has 0 bridgehead atoms. The maximum absolute atomic E-state index is 12.5. The van der Waals surface area contributed by atoms with Gasteiger partial charge in [-0.05, 0) is 12.5 Å². The Bertz CT molecular complexity index is 612. The van der Waals surface area contributed by atoms with Crippen molar-refractivity contribution in [2.45, 2.75) is 19.5 Å². The molecular formula is C11H13F3N6O. The zero-order valence-corrected chi connectivity index (χ0v) is 11.3. The van der Waals surface area contributed by atoms with Crippen molar-refractivity contribution in [2.24, 2.45) is 0 Å². The molecule has 7 nitrogen and oxygen atoms in total. The van der Waals surface area contributed by atoms with Crippen molar-refractivity contribution in [3.63, 3.8) is 0 Å². The van der Waals surface area contributed by atoms with Crippen LogP contribution in [0.4, 0.5) is 19.1 Å². The number of alkyl halides is 3. The number of methoxy groups -OCH3 is 1. The Labute approximate surface area is 118 Å². The van der Waals surface area contributed by atoms with Crippen molar-refractivity contribution in [1.82, 2.24) is 24.7 Å². The van der Waals surface area contributed by atoms with Crippen molar-refractivity contribution in [1.29, 1.82) is 0 Å². The molecule has 114 valence electrons. The van der Waals surface area contributed by atoms with Gasteiger partial charge in [-0.2, -0.15) is 33.2 Å². The van der Waals surface area contributed by atoms with Gasteiger partial charge in [0.1, 0.15) is 0 Å². The van der Waals surface area contributed by atoms with Gasteiger partial charge in [0.25, 0.3) is 5.95 Å². The van der Waals surface area contributed by atoms with Gasteiger partial charge in [0, 0.05) is 12.7 Å². The summed E-state index contributed by atoms with van der Waals surface area (Å²) in [6.07, 6.45) is -2.56.